The molecule has 0 saturated heterocycles. The molecule has 0 fully saturated rings. The van der Waals surface area contributed by atoms with E-state index in [4.69, 9.17) is 0 Å². The number of hydrogen-bond donors (Lipinski definition) is 1. The molecule has 1 N–H and O–H groups in total. The third-order valence-corrected chi connectivity index (χ3v) is 3.79. The molecule has 0 radical (unpaired) electrons. The maximum Gasteiger partial charge on any atom is 0.0368 e. The van der Waals surface area contributed by atoms with Gasteiger partial charge in [0.1, 0.15) is 0 Å². The summed E-state index contributed by atoms with van der Waals surface area (Å²) in [7, 11) is 4.25. The average Bonchev–Trinajstić information content (AvgIpc) is 2.26. The average molecular weight is 262 g/mol. The van der Waals surface area contributed by atoms with Crippen LogP contribution in [-0.2, 0) is 0 Å². The Labute approximate surface area is 119 Å². The fraction of sp³-hybridized carbons (Fsp3) is 0.647. The van der Waals surface area contributed by atoms with E-state index in [0.717, 1.165) is 13.0 Å². The van der Waals surface area contributed by atoms with Crippen molar-refractivity contribution in [1.29, 1.82) is 0 Å². The normalized spacial score (nSPS) is 13.4. The molecule has 1 aromatic carbocycles. The van der Waals surface area contributed by atoms with Crippen molar-refractivity contribution in [3.05, 3.63) is 29.3 Å². The third kappa shape index (κ3) is 4.87. The Morgan fingerprint density at radius 3 is 2.05 bits per heavy atom. The quantitative estimate of drug-likeness (QED) is 0.869. The van der Waals surface area contributed by atoms with E-state index in [0.29, 0.717) is 11.5 Å². The fourth-order valence-electron chi connectivity index (χ4n) is 2.63. The monoisotopic (exact) mass is 262 g/mol. The maximum atomic E-state index is 3.44. The summed E-state index contributed by atoms with van der Waals surface area (Å²) in [5.41, 5.74) is 4.30. The number of aryl methyl sites for hydroxylation is 2. The first-order valence-electron chi connectivity index (χ1n) is 7.20. The van der Waals surface area contributed by atoms with E-state index in [2.05, 4.69) is 77.1 Å². The summed E-state index contributed by atoms with van der Waals surface area (Å²) < 4.78 is 0. The predicted molar refractivity (Wildman–Crippen MR) is 86.1 cm³/mol. The first-order valence-corrected chi connectivity index (χ1v) is 7.20. The minimum Gasteiger partial charge on any atom is -0.375 e. The standard InChI is InChI=1S/C17H30N2/c1-13-10-14(2)12-15(11-13)19(7)9-8-16(18-6)17(3,4)5/h10-12,16,18H,8-9H2,1-7H3. The number of benzene rings is 1. The molecule has 1 rings (SSSR count). The van der Waals surface area contributed by atoms with Crippen LogP contribution < -0.4 is 10.2 Å². The Hall–Kier alpha value is -1.02. The molecular formula is C17H30N2. The Bertz CT molecular complexity index is 384. The lowest BCUT2D eigenvalue weighted by Gasteiger charge is -2.32. The zero-order valence-electron chi connectivity index (χ0n) is 13.7. The summed E-state index contributed by atoms with van der Waals surface area (Å²) in [5, 5.41) is 3.44. The van der Waals surface area contributed by atoms with Gasteiger partial charge in [-0.25, -0.2) is 0 Å². The van der Waals surface area contributed by atoms with E-state index in [9.17, 15) is 0 Å². The smallest absolute Gasteiger partial charge is 0.0368 e. The molecule has 0 spiro atoms. The van der Waals surface area contributed by atoms with Gasteiger partial charge in [-0.05, 0) is 56.0 Å². The summed E-state index contributed by atoms with van der Waals surface area (Å²) >= 11 is 0. The van der Waals surface area contributed by atoms with E-state index < -0.39 is 0 Å². The molecule has 0 heterocycles. The Kier molecular flexibility index (Phi) is 5.42. The third-order valence-electron chi connectivity index (χ3n) is 3.79. The highest BCUT2D eigenvalue weighted by molar-refractivity contribution is 5.50. The van der Waals surface area contributed by atoms with Crippen molar-refractivity contribution < 1.29 is 0 Å². The van der Waals surface area contributed by atoms with Gasteiger partial charge in [-0.3, -0.25) is 0 Å². The van der Waals surface area contributed by atoms with Crippen molar-refractivity contribution in [1.82, 2.24) is 5.32 Å². The second-order valence-electron chi connectivity index (χ2n) is 6.76. The lowest BCUT2D eigenvalue weighted by atomic mass is 9.85. The predicted octanol–water partition coefficient (Wildman–Crippen LogP) is 3.76. The molecule has 0 aromatic heterocycles. The number of nitrogens with zero attached hydrogens (tertiary/aromatic N) is 1. The SMILES string of the molecule is CNC(CCN(C)c1cc(C)cc(C)c1)C(C)(C)C. The molecule has 0 saturated carbocycles. The number of hydrogen-bond acceptors (Lipinski definition) is 2. The molecule has 1 atom stereocenters. The van der Waals surface area contributed by atoms with Crippen LogP contribution in [0.4, 0.5) is 5.69 Å². The molecule has 0 aliphatic carbocycles. The van der Waals surface area contributed by atoms with Crippen LogP contribution in [-0.4, -0.2) is 26.7 Å². The molecule has 108 valence electrons. The van der Waals surface area contributed by atoms with E-state index in [1.807, 2.05) is 0 Å². The second kappa shape index (κ2) is 6.42. The van der Waals surface area contributed by atoms with Crippen LogP contribution in [0.5, 0.6) is 0 Å². The van der Waals surface area contributed by atoms with E-state index in [1.54, 1.807) is 0 Å². The van der Waals surface area contributed by atoms with Gasteiger partial charge in [-0.1, -0.05) is 26.8 Å². The first-order chi connectivity index (χ1) is 8.74. The lowest BCUT2D eigenvalue weighted by molar-refractivity contribution is 0.270. The van der Waals surface area contributed by atoms with Gasteiger partial charge in [-0.15, -0.1) is 0 Å². The topological polar surface area (TPSA) is 15.3 Å². The zero-order valence-corrected chi connectivity index (χ0v) is 13.7. The van der Waals surface area contributed by atoms with Crippen molar-refractivity contribution in [2.45, 2.75) is 47.1 Å². The summed E-state index contributed by atoms with van der Waals surface area (Å²) in [6.45, 7) is 12.3. The minimum atomic E-state index is 0.304. The van der Waals surface area contributed by atoms with Crippen molar-refractivity contribution in [3.8, 4) is 0 Å². The first kappa shape index (κ1) is 16.0. The number of nitrogens with one attached hydrogen (secondary N) is 1. The van der Waals surface area contributed by atoms with Crippen LogP contribution in [0, 0.1) is 19.3 Å². The highest BCUT2D eigenvalue weighted by Gasteiger charge is 2.22. The van der Waals surface area contributed by atoms with Crippen molar-refractivity contribution >= 4 is 5.69 Å². The summed E-state index contributed by atoms with van der Waals surface area (Å²) in [6.07, 6.45) is 1.16. The van der Waals surface area contributed by atoms with Gasteiger partial charge in [0.15, 0.2) is 0 Å². The van der Waals surface area contributed by atoms with Gasteiger partial charge >= 0.3 is 0 Å². The molecular weight excluding hydrogens is 232 g/mol. The highest BCUT2D eigenvalue weighted by atomic mass is 15.1. The van der Waals surface area contributed by atoms with E-state index in [-0.39, 0.29) is 0 Å². The van der Waals surface area contributed by atoms with Crippen molar-refractivity contribution in [3.63, 3.8) is 0 Å². The molecule has 0 amide bonds. The van der Waals surface area contributed by atoms with Crippen LogP contribution in [0.3, 0.4) is 0 Å². The molecule has 0 bridgehead atoms. The fourth-order valence-corrected chi connectivity index (χ4v) is 2.63. The minimum absolute atomic E-state index is 0.304. The maximum absolute atomic E-state index is 3.44. The summed E-state index contributed by atoms with van der Waals surface area (Å²) in [6, 6.07) is 7.29. The lowest BCUT2D eigenvalue weighted by Crippen LogP contribution is -2.40. The molecule has 1 unspecified atom stereocenters. The molecule has 0 aliphatic heterocycles. The van der Waals surface area contributed by atoms with Gasteiger partial charge in [0.25, 0.3) is 0 Å². The Morgan fingerprint density at radius 1 is 1.11 bits per heavy atom. The van der Waals surface area contributed by atoms with Gasteiger partial charge in [0.05, 0.1) is 0 Å². The van der Waals surface area contributed by atoms with Crippen LogP contribution >= 0.6 is 0 Å². The van der Waals surface area contributed by atoms with Gasteiger partial charge < -0.3 is 10.2 Å². The van der Waals surface area contributed by atoms with Crippen LogP contribution in [0.2, 0.25) is 0 Å². The number of anilines is 1. The highest BCUT2D eigenvalue weighted by Crippen LogP contribution is 2.23. The largest absolute Gasteiger partial charge is 0.375 e. The zero-order chi connectivity index (χ0) is 14.6. The molecule has 2 nitrogen and oxygen atoms in total. The summed E-state index contributed by atoms with van der Waals surface area (Å²) in [5.74, 6) is 0. The van der Waals surface area contributed by atoms with Crippen molar-refractivity contribution in [2.24, 2.45) is 5.41 Å². The van der Waals surface area contributed by atoms with Crippen LogP contribution in [0.25, 0.3) is 0 Å². The second-order valence-corrected chi connectivity index (χ2v) is 6.76. The molecule has 1 aromatic rings. The van der Waals surface area contributed by atoms with Gasteiger partial charge in [0.2, 0.25) is 0 Å². The number of rotatable bonds is 5. The summed E-state index contributed by atoms with van der Waals surface area (Å²) in [4.78, 5) is 2.36. The van der Waals surface area contributed by atoms with Gasteiger partial charge in [0, 0.05) is 25.3 Å². The van der Waals surface area contributed by atoms with E-state index >= 15 is 0 Å². The Balaban J connectivity index is 2.67. The van der Waals surface area contributed by atoms with E-state index in [1.165, 1.54) is 16.8 Å². The van der Waals surface area contributed by atoms with Crippen molar-refractivity contribution in [2.75, 3.05) is 25.5 Å². The Morgan fingerprint density at radius 2 is 1.63 bits per heavy atom. The molecule has 19 heavy (non-hydrogen) atoms. The molecule has 2 heteroatoms. The van der Waals surface area contributed by atoms with Crippen LogP contribution in [0.15, 0.2) is 18.2 Å². The van der Waals surface area contributed by atoms with Gasteiger partial charge in [-0.2, -0.15) is 0 Å². The van der Waals surface area contributed by atoms with Crippen LogP contribution in [0.1, 0.15) is 38.3 Å². The molecule has 0 aliphatic rings.